The number of amides is 2. The Hall–Kier alpha value is -3.16. The Morgan fingerprint density at radius 1 is 0.900 bits per heavy atom. The van der Waals surface area contributed by atoms with E-state index in [9.17, 15) is 18.0 Å². The Balaban J connectivity index is 1.72. The molecular weight excluding hydrogens is 424 g/mol. The van der Waals surface area contributed by atoms with Crippen LogP contribution in [0.3, 0.4) is 0 Å². The number of nitrogens with one attached hydrogen (secondary N) is 2. The second kappa shape index (κ2) is 9.11. The first kappa shape index (κ1) is 21.5. The Morgan fingerprint density at radius 2 is 1.57 bits per heavy atom. The third-order valence-corrected chi connectivity index (χ3v) is 6.24. The fourth-order valence-electron chi connectivity index (χ4n) is 2.78. The zero-order valence-electron chi connectivity index (χ0n) is 16.1. The van der Waals surface area contributed by atoms with Crippen LogP contribution in [0.4, 0.5) is 11.4 Å². The molecule has 6 nitrogen and oxygen atoms in total. The predicted octanol–water partition coefficient (Wildman–Crippen LogP) is 4.52. The van der Waals surface area contributed by atoms with E-state index in [0.717, 1.165) is 0 Å². The van der Waals surface area contributed by atoms with Crippen molar-refractivity contribution < 1.29 is 18.0 Å². The molecule has 0 aromatic heterocycles. The molecule has 3 aromatic carbocycles. The molecule has 0 aliphatic heterocycles. The van der Waals surface area contributed by atoms with E-state index >= 15 is 0 Å². The first-order valence-corrected chi connectivity index (χ1v) is 11.0. The van der Waals surface area contributed by atoms with Gasteiger partial charge in [0.25, 0.3) is 5.91 Å². The van der Waals surface area contributed by atoms with Crippen molar-refractivity contribution in [2.75, 3.05) is 10.6 Å². The van der Waals surface area contributed by atoms with Gasteiger partial charge in [0.1, 0.15) is 0 Å². The Bertz CT molecular complexity index is 1180. The SMILES string of the molecule is CC(=O)Nc1ccc(Cl)c(NC(=O)c2ccc(CS(=O)(=O)c3ccccc3)cc2)c1. The molecule has 0 atom stereocenters. The largest absolute Gasteiger partial charge is 0.326 e. The number of benzene rings is 3. The van der Waals surface area contributed by atoms with Crippen LogP contribution in [-0.2, 0) is 20.4 Å². The van der Waals surface area contributed by atoms with Crippen LogP contribution in [0.5, 0.6) is 0 Å². The topological polar surface area (TPSA) is 92.3 Å². The fraction of sp³-hybridized carbons (Fsp3) is 0.0909. The molecule has 0 bridgehead atoms. The van der Waals surface area contributed by atoms with E-state index in [-0.39, 0.29) is 16.6 Å². The summed E-state index contributed by atoms with van der Waals surface area (Å²) in [7, 11) is -3.47. The van der Waals surface area contributed by atoms with E-state index in [4.69, 9.17) is 11.6 Å². The third kappa shape index (κ3) is 5.46. The van der Waals surface area contributed by atoms with Crippen molar-refractivity contribution in [3.63, 3.8) is 0 Å². The molecule has 0 heterocycles. The minimum Gasteiger partial charge on any atom is -0.326 e. The van der Waals surface area contributed by atoms with E-state index in [1.54, 1.807) is 72.8 Å². The molecule has 0 radical (unpaired) electrons. The van der Waals surface area contributed by atoms with E-state index in [0.29, 0.717) is 27.5 Å². The van der Waals surface area contributed by atoms with Gasteiger partial charge in [-0.2, -0.15) is 0 Å². The van der Waals surface area contributed by atoms with Gasteiger partial charge in [0.15, 0.2) is 9.84 Å². The van der Waals surface area contributed by atoms with E-state index in [1.165, 1.54) is 6.92 Å². The van der Waals surface area contributed by atoms with E-state index in [1.807, 2.05) is 0 Å². The zero-order chi connectivity index (χ0) is 21.7. The quantitative estimate of drug-likeness (QED) is 0.586. The molecule has 3 rings (SSSR count). The normalized spacial score (nSPS) is 11.0. The van der Waals surface area contributed by atoms with Crippen LogP contribution in [0, 0.1) is 0 Å². The van der Waals surface area contributed by atoms with Crippen molar-refractivity contribution in [3.05, 3.63) is 88.9 Å². The van der Waals surface area contributed by atoms with Gasteiger partial charge in [-0.15, -0.1) is 0 Å². The summed E-state index contributed by atoms with van der Waals surface area (Å²) in [5.74, 6) is -0.811. The van der Waals surface area contributed by atoms with Gasteiger partial charge in [-0.05, 0) is 48.0 Å². The highest BCUT2D eigenvalue weighted by atomic mass is 35.5. The lowest BCUT2D eigenvalue weighted by atomic mass is 10.1. The van der Waals surface area contributed by atoms with Crippen LogP contribution >= 0.6 is 11.6 Å². The molecule has 8 heteroatoms. The van der Waals surface area contributed by atoms with Crippen LogP contribution in [0.2, 0.25) is 5.02 Å². The first-order valence-electron chi connectivity index (χ1n) is 9.00. The molecule has 0 aliphatic carbocycles. The van der Waals surface area contributed by atoms with Crippen LogP contribution in [-0.4, -0.2) is 20.2 Å². The number of hydrogen-bond acceptors (Lipinski definition) is 4. The second-order valence-electron chi connectivity index (χ2n) is 6.60. The molecule has 2 N–H and O–H groups in total. The Labute approximate surface area is 179 Å². The summed E-state index contributed by atoms with van der Waals surface area (Å²) >= 11 is 6.13. The maximum absolute atomic E-state index is 12.5. The number of carbonyl (C=O) groups is 2. The highest BCUT2D eigenvalue weighted by Crippen LogP contribution is 2.26. The minimum absolute atomic E-state index is 0.163. The van der Waals surface area contributed by atoms with Crippen LogP contribution < -0.4 is 10.6 Å². The van der Waals surface area contributed by atoms with Crippen molar-refractivity contribution >= 4 is 44.6 Å². The average Bonchev–Trinajstić information content (AvgIpc) is 2.71. The van der Waals surface area contributed by atoms with Gasteiger partial charge in [-0.3, -0.25) is 9.59 Å². The molecule has 0 fully saturated rings. The fourth-order valence-corrected chi connectivity index (χ4v) is 4.31. The van der Waals surface area contributed by atoms with Crippen LogP contribution in [0.25, 0.3) is 0 Å². The number of anilines is 2. The Morgan fingerprint density at radius 3 is 2.20 bits per heavy atom. The van der Waals surface area contributed by atoms with Crippen molar-refractivity contribution in [3.8, 4) is 0 Å². The summed E-state index contributed by atoms with van der Waals surface area (Å²) in [6, 6.07) is 19.3. The number of sulfone groups is 1. The maximum Gasteiger partial charge on any atom is 0.255 e. The van der Waals surface area contributed by atoms with Gasteiger partial charge in [-0.25, -0.2) is 8.42 Å². The maximum atomic E-state index is 12.5. The number of hydrogen-bond donors (Lipinski definition) is 2. The second-order valence-corrected chi connectivity index (χ2v) is 9.00. The summed E-state index contributed by atoms with van der Waals surface area (Å²) in [5.41, 5.74) is 1.77. The molecule has 0 saturated heterocycles. The molecule has 0 unspecified atom stereocenters. The summed E-state index contributed by atoms with van der Waals surface area (Å²) < 4.78 is 25.0. The van der Waals surface area contributed by atoms with Gasteiger partial charge in [0.05, 0.1) is 21.4 Å². The van der Waals surface area contributed by atoms with Crippen molar-refractivity contribution in [2.45, 2.75) is 17.6 Å². The van der Waals surface area contributed by atoms with Gasteiger partial charge in [0, 0.05) is 18.2 Å². The molecule has 30 heavy (non-hydrogen) atoms. The molecule has 0 aliphatic rings. The number of rotatable bonds is 6. The minimum atomic E-state index is -3.47. The highest BCUT2D eigenvalue weighted by Gasteiger charge is 2.16. The van der Waals surface area contributed by atoms with Gasteiger partial charge in [0.2, 0.25) is 5.91 Å². The van der Waals surface area contributed by atoms with E-state index in [2.05, 4.69) is 10.6 Å². The standard InChI is InChI=1S/C22H19ClN2O4S/c1-15(26)24-18-11-12-20(23)21(13-18)25-22(27)17-9-7-16(8-10-17)14-30(28,29)19-5-3-2-4-6-19/h2-13H,14H2,1H3,(H,24,26)(H,25,27). The molecule has 2 amide bonds. The summed E-state index contributed by atoms with van der Waals surface area (Å²) in [6.07, 6.45) is 0. The van der Waals surface area contributed by atoms with Crippen molar-refractivity contribution in [2.24, 2.45) is 0 Å². The monoisotopic (exact) mass is 442 g/mol. The summed E-state index contributed by atoms with van der Waals surface area (Å²) in [5, 5.41) is 5.64. The lowest BCUT2D eigenvalue weighted by molar-refractivity contribution is -0.114. The number of carbonyl (C=O) groups excluding carboxylic acids is 2. The molecule has 154 valence electrons. The molecular formula is C22H19ClN2O4S. The molecule has 0 spiro atoms. The summed E-state index contributed by atoms with van der Waals surface area (Å²) in [4.78, 5) is 24.0. The third-order valence-electron chi connectivity index (χ3n) is 4.21. The lowest BCUT2D eigenvalue weighted by Crippen LogP contribution is -2.13. The molecule has 3 aromatic rings. The zero-order valence-corrected chi connectivity index (χ0v) is 17.6. The van der Waals surface area contributed by atoms with Gasteiger partial charge >= 0.3 is 0 Å². The number of halogens is 1. The van der Waals surface area contributed by atoms with Gasteiger partial charge in [-0.1, -0.05) is 41.9 Å². The highest BCUT2D eigenvalue weighted by molar-refractivity contribution is 7.90. The first-order chi connectivity index (χ1) is 14.2. The van der Waals surface area contributed by atoms with Crippen molar-refractivity contribution in [1.29, 1.82) is 0 Å². The van der Waals surface area contributed by atoms with Crippen LogP contribution in [0.15, 0.2) is 77.7 Å². The van der Waals surface area contributed by atoms with Crippen LogP contribution in [0.1, 0.15) is 22.8 Å². The lowest BCUT2D eigenvalue weighted by Gasteiger charge is -2.10. The predicted molar refractivity (Wildman–Crippen MR) is 117 cm³/mol. The van der Waals surface area contributed by atoms with E-state index < -0.39 is 15.7 Å². The molecule has 0 saturated carbocycles. The van der Waals surface area contributed by atoms with Crippen molar-refractivity contribution in [1.82, 2.24) is 0 Å². The average molecular weight is 443 g/mol. The Kier molecular flexibility index (Phi) is 6.54. The summed E-state index contributed by atoms with van der Waals surface area (Å²) in [6.45, 7) is 1.38. The smallest absolute Gasteiger partial charge is 0.255 e. The van der Waals surface area contributed by atoms with Gasteiger partial charge < -0.3 is 10.6 Å².